The fourth-order valence-corrected chi connectivity index (χ4v) is 5.38. The second-order valence-electron chi connectivity index (χ2n) is 8.28. The van der Waals surface area contributed by atoms with Crippen LogP contribution in [0.5, 0.6) is 0 Å². The average Bonchev–Trinajstić information content (AvgIpc) is 3.33. The van der Waals surface area contributed by atoms with Gasteiger partial charge in [-0.15, -0.1) is 0 Å². The molecule has 1 aromatic carbocycles. The molecule has 0 radical (unpaired) electrons. The van der Waals surface area contributed by atoms with Crippen molar-refractivity contribution in [2.75, 3.05) is 25.0 Å². The Labute approximate surface area is 202 Å². The summed E-state index contributed by atoms with van der Waals surface area (Å²) < 4.78 is 1.74. The van der Waals surface area contributed by atoms with Crippen molar-refractivity contribution in [2.24, 2.45) is 0 Å². The number of hydrogen-bond donors (Lipinski definition) is 1. The summed E-state index contributed by atoms with van der Waals surface area (Å²) in [4.78, 5) is 8.68. The number of benzene rings is 1. The number of hydrogen-bond acceptors (Lipinski definition) is 7. The molecule has 0 bridgehead atoms. The molecule has 3 aromatic heterocycles. The van der Waals surface area contributed by atoms with Gasteiger partial charge in [0.1, 0.15) is 18.0 Å². The van der Waals surface area contributed by atoms with Crippen molar-refractivity contribution in [2.45, 2.75) is 28.7 Å². The van der Waals surface area contributed by atoms with Crippen LogP contribution in [-0.2, 0) is 0 Å². The van der Waals surface area contributed by atoms with Gasteiger partial charge in [-0.3, -0.25) is 0 Å². The maximum Gasteiger partial charge on any atom is 0.128 e. The highest BCUT2D eigenvalue weighted by Crippen LogP contribution is 2.37. The van der Waals surface area contributed by atoms with Crippen LogP contribution in [0.4, 0.5) is 5.82 Å². The molecule has 1 aliphatic rings. The van der Waals surface area contributed by atoms with E-state index in [1.54, 1.807) is 16.8 Å². The van der Waals surface area contributed by atoms with Gasteiger partial charge in [0.15, 0.2) is 0 Å². The normalized spacial score (nSPS) is 15.6. The van der Waals surface area contributed by atoms with Crippen molar-refractivity contribution in [1.82, 2.24) is 19.9 Å². The van der Waals surface area contributed by atoms with Crippen LogP contribution in [-0.4, -0.2) is 40.8 Å². The van der Waals surface area contributed by atoms with E-state index in [4.69, 9.17) is 4.98 Å². The Hall–Kier alpha value is -3.85. The van der Waals surface area contributed by atoms with Gasteiger partial charge in [0.05, 0.1) is 22.8 Å². The predicted octanol–water partition coefficient (Wildman–Crippen LogP) is 4.48. The Bertz CT molecular complexity index is 1410. The fraction of sp³-hybridized carbons (Fsp3) is 0.231. The van der Waals surface area contributed by atoms with E-state index in [9.17, 15) is 10.5 Å². The number of likely N-dealkylation sites (N-methyl/N-ethyl adjacent to an activating group) is 1. The first-order chi connectivity index (χ1) is 16.7. The Kier molecular flexibility index (Phi) is 6.18. The lowest BCUT2D eigenvalue weighted by Crippen LogP contribution is -2.44. The van der Waals surface area contributed by atoms with Gasteiger partial charge in [-0.2, -0.15) is 15.6 Å². The van der Waals surface area contributed by atoms with Crippen molar-refractivity contribution in [3.63, 3.8) is 0 Å². The van der Waals surface area contributed by atoms with Crippen molar-refractivity contribution in [3.8, 4) is 23.3 Å². The molecule has 8 heteroatoms. The number of anilines is 1. The van der Waals surface area contributed by atoms with E-state index in [1.807, 2.05) is 36.7 Å². The summed E-state index contributed by atoms with van der Waals surface area (Å²) in [6, 6.07) is 18.6. The number of nitriles is 2. The molecule has 1 unspecified atom stereocenters. The van der Waals surface area contributed by atoms with Gasteiger partial charge in [0.2, 0.25) is 0 Å². The number of nitrogens with one attached hydrogen (secondary N) is 1. The second-order valence-corrected chi connectivity index (χ2v) is 9.37. The predicted molar refractivity (Wildman–Crippen MR) is 133 cm³/mol. The summed E-state index contributed by atoms with van der Waals surface area (Å²) in [6.07, 6.45) is 7.72. The van der Waals surface area contributed by atoms with Crippen molar-refractivity contribution < 1.29 is 0 Å². The molecule has 1 aliphatic heterocycles. The lowest BCUT2D eigenvalue weighted by molar-refractivity contribution is 0.443. The molecule has 0 amide bonds. The summed E-state index contributed by atoms with van der Waals surface area (Å²) in [5.41, 5.74) is 3.74. The summed E-state index contributed by atoms with van der Waals surface area (Å²) in [5.74, 6) is 0.946. The van der Waals surface area contributed by atoms with Crippen LogP contribution in [0.25, 0.3) is 16.6 Å². The summed E-state index contributed by atoms with van der Waals surface area (Å²) >= 11 is 1.47. The Morgan fingerprint density at radius 3 is 2.65 bits per heavy atom. The maximum absolute atomic E-state index is 9.61. The van der Waals surface area contributed by atoms with Crippen LogP contribution in [0.2, 0.25) is 0 Å². The van der Waals surface area contributed by atoms with Crippen LogP contribution < -0.4 is 10.2 Å². The van der Waals surface area contributed by atoms with Crippen molar-refractivity contribution >= 4 is 23.1 Å². The topological polar surface area (TPSA) is 93.0 Å². The first-order valence-electron chi connectivity index (χ1n) is 11.2. The minimum Gasteiger partial charge on any atom is -0.355 e. The molecule has 1 fully saturated rings. The number of pyridine rings is 2. The van der Waals surface area contributed by atoms with Crippen LogP contribution in [0.3, 0.4) is 0 Å². The molecule has 168 valence electrons. The third kappa shape index (κ3) is 4.22. The Morgan fingerprint density at radius 2 is 1.91 bits per heavy atom. The third-order valence-corrected chi connectivity index (χ3v) is 7.29. The van der Waals surface area contributed by atoms with Gasteiger partial charge in [-0.1, -0.05) is 23.9 Å². The molecule has 1 saturated heterocycles. The molecule has 1 N–H and O–H groups in total. The molecule has 0 spiro atoms. The smallest absolute Gasteiger partial charge is 0.128 e. The zero-order chi connectivity index (χ0) is 23.5. The molecule has 0 saturated carbocycles. The van der Waals surface area contributed by atoms with E-state index >= 15 is 0 Å². The lowest BCUT2D eigenvalue weighted by Gasteiger charge is -2.32. The summed E-state index contributed by atoms with van der Waals surface area (Å²) in [7, 11) is 2.10. The van der Waals surface area contributed by atoms with Crippen molar-refractivity contribution in [1.29, 1.82) is 10.5 Å². The van der Waals surface area contributed by atoms with E-state index in [0.717, 1.165) is 51.8 Å². The van der Waals surface area contributed by atoms with Gasteiger partial charge in [0.25, 0.3) is 0 Å². The van der Waals surface area contributed by atoms with Crippen LogP contribution in [0.15, 0.2) is 70.8 Å². The highest BCUT2D eigenvalue weighted by molar-refractivity contribution is 7.99. The molecule has 0 aliphatic carbocycles. The van der Waals surface area contributed by atoms with Crippen molar-refractivity contribution in [3.05, 3.63) is 72.2 Å². The number of aromatic nitrogens is 3. The largest absolute Gasteiger partial charge is 0.355 e. The minimum atomic E-state index is 0.445. The van der Waals surface area contributed by atoms with Gasteiger partial charge >= 0.3 is 0 Å². The fourth-order valence-electron chi connectivity index (χ4n) is 4.28. The van der Waals surface area contributed by atoms with Gasteiger partial charge in [-0.25, -0.2) is 9.50 Å². The molecular formula is C26H23N7S. The Morgan fingerprint density at radius 1 is 1.06 bits per heavy atom. The highest BCUT2D eigenvalue weighted by Gasteiger charge is 2.19. The van der Waals surface area contributed by atoms with Gasteiger partial charge in [-0.05, 0) is 49.7 Å². The average molecular weight is 466 g/mol. The highest BCUT2D eigenvalue weighted by atomic mass is 32.2. The minimum absolute atomic E-state index is 0.445. The lowest BCUT2D eigenvalue weighted by atomic mass is 10.1. The van der Waals surface area contributed by atoms with Crippen LogP contribution >= 0.6 is 11.8 Å². The molecular weight excluding hydrogens is 442 g/mol. The second kappa shape index (κ2) is 9.56. The maximum atomic E-state index is 9.61. The molecule has 34 heavy (non-hydrogen) atoms. The molecule has 5 rings (SSSR count). The van der Waals surface area contributed by atoms with E-state index in [2.05, 4.69) is 46.6 Å². The number of rotatable bonds is 5. The monoisotopic (exact) mass is 465 g/mol. The quantitative estimate of drug-likeness (QED) is 0.464. The van der Waals surface area contributed by atoms with Gasteiger partial charge in [0, 0.05) is 52.9 Å². The molecule has 1 atom stereocenters. The number of fused-ring (bicyclic) bond motifs is 1. The van der Waals surface area contributed by atoms with E-state index < -0.39 is 0 Å². The zero-order valence-corrected chi connectivity index (χ0v) is 19.6. The molecule has 4 heterocycles. The zero-order valence-electron chi connectivity index (χ0n) is 18.8. The summed E-state index contributed by atoms with van der Waals surface area (Å²) in [5, 5.41) is 27.0. The third-order valence-electron chi connectivity index (χ3n) is 6.19. The molecule has 7 nitrogen and oxygen atoms in total. The van der Waals surface area contributed by atoms with E-state index in [0.29, 0.717) is 17.2 Å². The Balaban J connectivity index is 1.52. The first-order valence-corrected chi connectivity index (χ1v) is 12.0. The van der Waals surface area contributed by atoms with Crippen LogP contribution in [0.1, 0.15) is 24.0 Å². The number of nitrogens with zero attached hydrogens (tertiary/aromatic N) is 6. The van der Waals surface area contributed by atoms with E-state index in [1.165, 1.54) is 18.2 Å². The summed E-state index contributed by atoms with van der Waals surface area (Å²) in [6.45, 7) is 2.06. The first kappa shape index (κ1) is 22.0. The number of piperidine rings is 1. The molecule has 4 aromatic rings. The standard InChI is InChI=1S/C26H23N7S/c1-32(22-6-4-10-29-16-22)25-9-8-19(14-30-25)20-11-24(26-21(13-28)15-31-33(26)17-20)34-23-7-3-2-5-18(23)12-27/h2-3,5,7-9,11,14-15,17,22,29H,4,6,10,16H2,1H3. The van der Waals surface area contributed by atoms with Crippen LogP contribution in [0, 0.1) is 22.7 Å². The van der Waals surface area contributed by atoms with Gasteiger partial charge < -0.3 is 10.2 Å². The van der Waals surface area contributed by atoms with E-state index in [-0.39, 0.29) is 0 Å². The SMILES string of the molecule is CN(c1ccc(-c2cc(Sc3ccccc3C#N)c3c(C#N)cnn3c2)cn1)C1CCCNC1.